The molecular weight excluding hydrogens is 433 g/mol. The third-order valence-corrected chi connectivity index (χ3v) is 5.09. The first kappa shape index (κ1) is 24.4. The van der Waals surface area contributed by atoms with Gasteiger partial charge in [-0.1, -0.05) is 0 Å². The standard InChI is InChI=1S/C23H28FN3O6/c1-30-23(29)16-3-2-15(11-18(16)24)33-21-12-17-14(4-6-27-19(17)13-22(26)28)10-20(21)32-9-8-31-7-5-25/h2-3,10-12,19,27H,4-9,13,25H2,1H3,(H2,26,28). The number of amides is 1. The number of nitrogens with two attached hydrogens (primary N) is 2. The minimum Gasteiger partial charge on any atom is -0.487 e. The van der Waals surface area contributed by atoms with Crippen LogP contribution in [0.15, 0.2) is 30.3 Å². The van der Waals surface area contributed by atoms with Crippen LogP contribution in [0.1, 0.15) is 33.9 Å². The third-order valence-electron chi connectivity index (χ3n) is 5.09. The highest BCUT2D eigenvalue weighted by Crippen LogP contribution is 2.39. The highest BCUT2D eigenvalue weighted by atomic mass is 19.1. The smallest absolute Gasteiger partial charge is 0.340 e. The van der Waals surface area contributed by atoms with Gasteiger partial charge in [-0.15, -0.1) is 0 Å². The lowest BCUT2D eigenvalue weighted by Gasteiger charge is -2.27. The molecule has 1 unspecified atom stereocenters. The number of hydrogen-bond donors (Lipinski definition) is 3. The highest BCUT2D eigenvalue weighted by molar-refractivity contribution is 5.89. The van der Waals surface area contributed by atoms with Crippen molar-refractivity contribution in [2.75, 3.05) is 40.0 Å². The lowest BCUT2D eigenvalue weighted by Crippen LogP contribution is -2.33. The molecule has 1 heterocycles. The first-order valence-electron chi connectivity index (χ1n) is 10.6. The Hall–Kier alpha value is -3.21. The number of carbonyl (C=O) groups is 2. The van der Waals surface area contributed by atoms with Gasteiger partial charge in [-0.3, -0.25) is 4.79 Å². The van der Waals surface area contributed by atoms with Crippen molar-refractivity contribution in [2.45, 2.75) is 18.9 Å². The van der Waals surface area contributed by atoms with E-state index in [1.54, 1.807) is 6.07 Å². The summed E-state index contributed by atoms with van der Waals surface area (Å²) < 4.78 is 36.1. The van der Waals surface area contributed by atoms with Crippen LogP contribution in [-0.4, -0.2) is 51.9 Å². The van der Waals surface area contributed by atoms with E-state index >= 15 is 0 Å². The van der Waals surface area contributed by atoms with Crippen LogP contribution in [0, 0.1) is 5.82 Å². The van der Waals surface area contributed by atoms with Crippen molar-refractivity contribution >= 4 is 11.9 Å². The minimum absolute atomic E-state index is 0.127. The SMILES string of the molecule is COC(=O)c1ccc(Oc2cc3c(cc2OCCOCCN)CCNC3CC(N)=O)cc1F. The van der Waals surface area contributed by atoms with E-state index in [1.165, 1.54) is 19.2 Å². The summed E-state index contributed by atoms with van der Waals surface area (Å²) in [6, 6.07) is 7.18. The first-order valence-corrected chi connectivity index (χ1v) is 10.6. The molecule has 0 radical (unpaired) electrons. The minimum atomic E-state index is -0.783. The molecule has 0 saturated heterocycles. The second-order valence-corrected chi connectivity index (χ2v) is 7.41. The summed E-state index contributed by atoms with van der Waals surface area (Å²) >= 11 is 0. The first-order chi connectivity index (χ1) is 15.9. The summed E-state index contributed by atoms with van der Waals surface area (Å²) in [4.78, 5) is 23.2. The summed E-state index contributed by atoms with van der Waals surface area (Å²) in [7, 11) is 1.18. The van der Waals surface area contributed by atoms with Gasteiger partial charge in [-0.2, -0.15) is 0 Å². The number of fused-ring (bicyclic) bond motifs is 1. The van der Waals surface area contributed by atoms with Crippen LogP contribution in [0.2, 0.25) is 0 Å². The predicted molar refractivity (Wildman–Crippen MR) is 118 cm³/mol. The lowest BCUT2D eigenvalue weighted by molar-refractivity contribution is -0.118. The van der Waals surface area contributed by atoms with E-state index in [9.17, 15) is 14.0 Å². The average molecular weight is 461 g/mol. The molecule has 2 aromatic carbocycles. The average Bonchev–Trinajstić information content (AvgIpc) is 2.79. The van der Waals surface area contributed by atoms with Gasteiger partial charge in [0.1, 0.15) is 18.2 Å². The van der Waals surface area contributed by atoms with Crippen molar-refractivity contribution in [1.82, 2.24) is 5.32 Å². The van der Waals surface area contributed by atoms with Crippen molar-refractivity contribution in [3.8, 4) is 17.2 Å². The Kier molecular flexibility index (Phi) is 8.58. The zero-order chi connectivity index (χ0) is 23.8. The fourth-order valence-electron chi connectivity index (χ4n) is 3.58. The van der Waals surface area contributed by atoms with Gasteiger partial charge in [0.2, 0.25) is 5.91 Å². The summed E-state index contributed by atoms with van der Waals surface area (Å²) in [5, 5.41) is 3.28. The maximum atomic E-state index is 14.4. The van der Waals surface area contributed by atoms with Gasteiger partial charge >= 0.3 is 5.97 Å². The molecule has 1 atom stereocenters. The van der Waals surface area contributed by atoms with E-state index in [2.05, 4.69) is 10.1 Å². The summed E-state index contributed by atoms with van der Waals surface area (Å²) in [5.41, 5.74) is 12.5. The third kappa shape index (κ3) is 6.41. The van der Waals surface area contributed by atoms with Crippen LogP contribution in [0.25, 0.3) is 0 Å². The number of primary amides is 1. The van der Waals surface area contributed by atoms with Crippen LogP contribution in [0.3, 0.4) is 0 Å². The maximum absolute atomic E-state index is 14.4. The fraction of sp³-hybridized carbons (Fsp3) is 0.391. The number of ether oxygens (including phenoxy) is 4. The van der Waals surface area contributed by atoms with Crippen molar-refractivity contribution in [3.05, 3.63) is 52.8 Å². The molecule has 2 aromatic rings. The molecule has 0 bridgehead atoms. The molecule has 0 spiro atoms. The number of methoxy groups -OCH3 is 1. The van der Waals surface area contributed by atoms with Gasteiger partial charge < -0.3 is 35.7 Å². The molecule has 10 heteroatoms. The van der Waals surface area contributed by atoms with Gasteiger partial charge in [-0.05, 0) is 48.4 Å². The quantitative estimate of drug-likeness (QED) is 0.341. The zero-order valence-electron chi connectivity index (χ0n) is 18.4. The van der Waals surface area contributed by atoms with Gasteiger partial charge in [0.15, 0.2) is 11.5 Å². The molecule has 178 valence electrons. The van der Waals surface area contributed by atoms with Crippen molar-refractivity contribution in [3.63, 3.8) is 0 Å². The van der Waals surface area contributed by atoms with Gasteiger partial charge in [-0.25, -0.2) is 9.18 Å². The molecule has 3 rings (SSSR count). The fourth-order valence-corrected chi connectivity index (χ4v) is 3.58. The number of hydrogen-bond acceptors (Lipinski definition) is 8. The van der Waals surface area contributed by atoms with E-state index in [0.29, 0.717) is 37.8 Å². The van der Waals surface area contributed by atoms with E-state index in [0.717, 1.165) is 23.6 Å². The second-order valence-electron chi connectivity index (χ2n) is 7.41. The molecule has 0 saturated carbocycles. The van der Waals surface area contributed by atoms with E-state index in [1.807, 2.05) is 6.07 Å². The number of benzene rings is 2. The molecule has 1 aliphatic rings. The summed E-state index contributed by atoms with van der Waals surface area (Å²) in [5.74, 6) is -1.05. The van der Waals surface area contributed by atoms with Crippen LogP contribution in [0.4, 0.5) is 4.39 Å². The number of nitrogens with one attached hydrogen (secondary N) is 1. The maximum Gasteiger partial charge on any atom is 0.340 e. The Morgan fingerprint density at radius 1 is 1.15 bits per heavy atom. The Bertz CT molecular complexity index is 1000. The van der Waals surface area contributed by atoms with Crippen LogP contribution < -0.4 is 26.3 Å². The van der Waals surface area contributed by atoms with Gasteiger partial charge in [0, 0.05) is 25.1 Å². The molecule has 5 N–H and O–H groups in total. The molecule has 0 aliphatic carbocycles. The molecule has 9 nitrogen and oxygen atoms in total. The van der Waals surface area contributed by atoms with Crippen molar-refractivity contribution in [1.29, 1.82) is 0 Å². The van der Waals surface area contributed by atoms with E-state index in [-0.39, 0.29) is 30.4 Å². The Morgan fingerprint density at radius 2 is 1.97 bits per heavy atom. The van der Waals surface area contributed by atoms with E-state index < -0.39 is 17.7 Å². The topological polar surface area (TPSA) is 135 Å². The monoisotopic (exact) mass is 461 g/mol. The number of esters is 1. The number of halogens is 1. The van der Waals surface area contributed by atoms with E-state index in [4.69, 9.17) is 25.7 Å². The lowest BCUT2D eigenvalue weighted by atomic mass is 9.91. The Labute approximate surface area is 191 Å². The molecular formula is C23H28FN3O6. The number of rotatable bonds is 11. The Balaban J connectivity index is 1.90. The molecule has 33 heavy (non-hydrogen) atoms. The summed E-state index contributed by atoms with van der Waals surface area (Å²) in [6.45, 7) is 2.11. The van der Waals surface area contributed by atoms with Crippen LogP contribution >= 0.6 is 0 Å². The number of carbonyl (C=O) groups excluding carboxylic acids is 2. The largest absolute Gasteiger partial charge is 0.487 e. The molecule has 0 fully saturated rings. The predicted octanol–water partition coefficient (Wildman–Crippen LogP) is 1.82. The molecule has 1 aliphatic heterocycles. The normalized spacial score (nSPS) is 14.9. The van der Waals surface area contributed by atoms with Crippen molar-refractivity contribution < 1.29 is 32.9 Å². The zero-order valence-corrected chi connectivity index (χ0v) is 18.4. The summed E-state index contributed by atoms with van der Waals surface area (Å²) in [6.07, 6.45) is 0.857. The van der Waals surface area contributed by atoms with Gasteiger partial charge in [0.05, 0.1) is 25.9 Å². The molecule has 0 aromatic heterocycles. The highest BCUT2D eigenvalue weighted by Gasteiger charge is 2.25. The Morgan fingerprint density at radius 3 is 2.67 bits per heavy atom. The van der Waals surface area contributed by atoms with Crippen molar-refractivity contribution in [2.24, 2.45) is 11.5 Å². The van der Waals surface area contributed by atoms with Crippen LogP contribution in [-0.2, 0) is 20.7 Å². The van der Waals surface area contributed by atoms with Crippen LogP contribution in [0.5, 0.6) is 17.2 Å². The van der Waals surface area contributed by atoms with Gasteiger partial charge in [0.25, 0.3) is 0 Å². The molecule has 1 amide bonds. The second kappa shape index (κ2) is 11.6.